The van der Waals surface area contributed by atoms with Crippen LogP contribution in [0.25, 0.3) is 5.69 Å². The largest absolute Gasteiger partial charge is 0.376 e. The Balaban J connectivity index is 1.76. The number of hydrogen-bond acceptors (Lipinski definition) is 4. The van der Waals surface area contributed by atoms with Gasteiger partial charge in [0.05, 0.1) is 6.10 Å². The molecule has 1 aromatic carbocycles. The number of nitrogens with zero attached hydrogens (tertiary/aromatic N) is 1. The van der Waals surface area contributed by atoms with Gasteiger partial charge in [-0.2, -0.15) is 0 Å². The van der Waals surface area contributed by atoms with Crippen molar-refractivity contribution in [1.82, 2.24) is 9.88 Å². The van der Waals surface area contributed by atoms with Crippen molar-refractivity contribution < 1.29 is 14.3 Å². The second-order valence-corrected chi connectivity index (χ2v) is 7.52. The van der Waals surface area contributed by atoms with Crippen LogP contribution in [0.5, 0.6) is 0 Å². The monoisotopic (exact) mass is 380 g/mol. The van der Waals surface area contributed by atoms with Gasteiger partial charge in [0.25, 0.3) is 11.5 Å². The topological polar surface area (TPSA) is 77.4 Å². The molecule has 28 heavy (non-hydrogen) atoms. The van der Waals surface area contributed by atoms with Gasteiger partial charge in [0.1, 0.15) is 5.56 Å². The van der Waals surface area contributed by atoms with Gasteiger partial charge in [0.2, 0.25) is 0 Å². The van der Waals surface area contributed by atoms with Gasteiger partial charge in [-0.25, -0.2) is 0 Å². The number of carbonyl (C=O) groups is 2. The second-order valence-electron chi connectivity index (χ2n) is 7.52. The Morgan fingerprint density at radius 3 is 2.68 bits per heavy atom. The van der Waals surface area contributed by atoms with Crippen LogP contribution in [0.15, 0.2) is 35.1 Å². The number of rotatable bonds is 4. The van der Waals surface area contributed by atoms with Gasteiger partial charge in [-0.1, -0.05) is 17.7 Å². The fourth-order valence-corrected chi connectivity index (χ4v) is 3.93. The summed E-state index contributed by atoms with van der Waals surface area (Å²) in [6, 6.07) is 9.02. The SMILES string of the molecule is Cc1ccc(-n2c3c(cc(C(=O)NCC4CCCO4)c2=O)C(=O)CCC3)cc1. The summed E-state index contributed by atoms with van der Waals surface area (Å²) in [7, 11) is 0. The number of nitrogens with one attached hydrogen (secondary N) is 1. The van der Waals surface area contributed by atoms with Crippen LogP contribution in [-0.2, 0) is 11.2 Å². The summed E-state index contributed by atoms with van der Waals surface area (Å²) >= 11 is 0. The molecule has 1 saturated heterocycles. The van der Waals surface area contributed by atoms with Gasteiger partial charge in [-0.05, 0) is 50.8 Å². The van der Waals surface area contributed by atoms with E-state index in [1.165, 1.54) is 10.6 Å². The number of pyridine rings is 1. The Hall–Kier alpha value is -2.73. The fourth-order valence-electron chi connectivity index (χ4n) is 3.93. The molecule has 6 heteroatoms. The minimum absolute atomic E-state index is 0.00701. The van der Waals surface area contributed by atoms with Crippen molar-refractivity contribution in [3.63, 3.8) is 0 Å². The Labute approximate surface area is 163 Å². The lowest BCUT2D eigenvalue weighted by Gasteiger charge is -2.22. The van der Waals surface area contributed by atoms with E-state index < -0.39 is 5.91 Å². The predicted molar refractivity (Wildman–Crippen MR) is 105 cm³/mol. The van der Waals surface area contributed by atoms with Gasteiger partial charge in [0.15, 0.2) is 5.78 Å². The van der Waals surface area contributed by atoms with Crippen LogP contribution in [0.2, 0.25) is 0 Å². The quantitative estimate of drug-likeness (QED) is 0.884. The molecule has 0 bridgehead atoms. The standard InChI is InChI=1S/C22H24N2O4/c1-14-7-9-15(10-8-14)24-19-5-2-6-20(25)17(19)12-18(22(24)27)21(26)23-13-16-4-3-11-28-16/h7-10,12,16H,2-6,11,13H2,1H3,(H,23,26). The van der Waals surface area contributed by atoms with E-state index in [-0.39, 0.29) is 23.0 Å². The number of carbonyl (C=O) groups excluding carboxylic acids is 2. The third kappa shape index (κ3) is 3.52. The predicted octanol–water partition coefficient (Wildman–Crippen LogP) is 2.57. The van der Waals surface area contributed by atoms with Gasteiger partial charge in [-0.3, -0.25) is 19.0 Å². The van der Waals surface area contributed by atoms with Crippen molar-refractivity contribution in [2.45, 2.75) is 45.1 Å². The molecule has 4 rings (SSSR count). The van der Waals surface area contributed by atoms with Crippen LogP contribution in [0, 0.1) is 6.92 Å². The molecule has 0 spiro atoms. The van der Waals surface area contributed by atoms with Crippen LogP contribution in [0.1, 0.15) is 57.7 Å². The fraction of sp³-hybridized carbons (Fsp3) is 0.409. The number of ether oxygens (including phenoxy) is 1. The summed E-state index contributed by atoms with van der Waals surface area (Å²) < 4.78 is 7.06. The summed E-state index contributed by atoms with van der Waals surface area (Å²) in [5.74, 6) is -0.474. The number of Topliss-reactive ketones (excluding diaryl/α,β-unsaturated/α-hetero) is 1. The molecule has 1 fully saturated rings. The molecule has 146 valence electrons. The number of aryl methyl sites for hydroxylation is 1. The smallest absolute Gasteiger partial charge is 0.268 e. The molecule has 1 atom stereocenters. The van der Waals surface area contributed by atoms with Crippen LogP contribution in [0.4, 0.5) is 0 Å². The van der Waals surface area contributed by atoms with Crippen LogP contribution in [0.3, 0.4) is 0 Å². The van der Waals surface area contributed by atoms with Crippen molar-refractivity contribution in [2.24, 2.45) is 0 Å². The van der Waals surface area contributed by atoms with E-state index >= 15 is 0 Å². The molecule has 2 aliphatic rings. The molecule has 1 aliphatic carbocycles. The molecule has 1 unspecified atom stereocenters. The van der Waals surface area contributed by atoms with E-state index in [4.69, 9.17) is 4.74 Å². The summed E-state index contributed by atoms with van der Waals surface area (Å²) in [5.41, 5.74) is 2.55. The number of ketones is 1. The lowest BCUT2D eigenvalue weighted by Crippen LogP contribution is -2.38. The van der Waals surface area contributed by atoms with E-state index in [1.807, 2.05) is 31.2 Å². The first-order chi connectivity index (χ1) is 13.5. The first-order valence-corrected chi connectivity index (χ1v) is 9.83. The molecule has 2 heterocycles. The van der Waals surface area contributed by atoms with Crippen molar-refractivity contribution in [3.05, 3.63) is 63.1 Å². The normalized spacial score (nSPS) is 18.8. The minimum Gasteiger partial charge on any atom is -0.376 e. The summed E-state index contributed by atoms with van der Waals surface area (Å²) in [4.78, 5) is 38.5. The number of fused-ring (bicyclic) bond motifs is 1. The third-order valence-electron chi connectivity index (χ3n) is 5.47. The highest BCUT2D eigenvalue weighted by Crippen LogP contribution is 2.24. The van der Waals surface area contributed by atoms with Crippen LogP contribution in [-0.4, -0.2) is 35.5 Å². The Kier molecular flexibility index (Phi) is 5.13. The van der Waals surface area contributed by atoms with E-state index in [0.29, 0.717) is 49.4 Å². The molecule has 1 aliphatic heterocycles. The second kappa shape index (κ2) is 7.72. The van der Waals surface area contributed by atoms with Gasteiger partial charge >= 0.3 is 0 Å². The maximum Gasteiger partial charge on any atom is 0.268 e. The number of aromatic nitrogens is 1. The highest BCUT2D eigenvalue weighted by molar-refractivity contribution is 6.01. The van der Waals surface area contributed by atoms with Crippen LogP contribution >= 0.6 is 0 Å². The first kappa shape index (κ1) is 18.6. The highest BCUT2D eigenvalue weighted by atomic mass is 16.5. The van der Waals surface area contributed by atoms with Gasteiger partial charge in [-0.15, -0.1) is 0 Å². The first-order valence-electron chi connectivity index (χ1n) is 9.83. The molecule has 2 aromatic rings. The van der Waals surface area contributed by atoms with E-state index in [1.54, 1.807) is 0 Å². The molecule has 6 nitrogen and oxygen atoms in total. The summed E-state index contributed by atoms with van der Waals surface area (Å²) in [6.07, 6.45) is 3.66. The lowest BCUT2D eigenvalue weighted by molar-refractivity contribution is 0.0856. The number of hydrogen-bond donors (Lipinski definition) is 1. The van der Waals surface area contributed by atoms with Crippen molar-refractivity contribution in [3.8, 4) is 5.69 Å². The summed E-state index contributed by atoms with van der Waals surface area (Å²) in [6.45, 7) is 3.04. The van der Waals surface area contributed by atoms with Crippen molar-refractivity contribution in [1.29, 1.82) is 0 Å². The maximum atomic E-state index is 13.2. The van der Waals surface area contributed by atoms with E-state index in [2.05, 4.69) is 5.32 Å². The molecule has 1 N–H and O–H groups in total. The third-order valence-corrected chi connectivity index (χ3v) is 5.47. The van der Waals surface area contributed by atoms with Gasteiger partial charge < -0.3 is 10.1 Å². The van der Waals surface area contributed by atoms with Crippen LogP contribution < -0.4 is 10.9 Å². The minimum atomic E-state index is -0.456. The molecule has 1 amide bonds. The molecular formula is C22H24N2O4. The van der Waals surface area contributed by atoms with E-state index in [0.717, 1.165) is 18.4 Å². The van der Waals surface area contributed by atoms with Crippen molar-refractivity contribution in [2.75, 3.05) is 13.2 Å². The van der Waals surface area contributed by atoms with Gasteiger partial charge in [0, 0.05) is 36.5 Å². The Morgan fingerprint density at radius 2 is 1.96 bits per heavy atom. The molecule has 0 radical (unpaired) electrons. The number of benzene rings is 1. The summed E-state index contributed by atoms with van der Waals surface area (Å²) in [5, 5.41) is 2.80. The zero-order valence-electron chi connectivity index (χ0n) is 16.0. The Morgan fingerprint density at radius 1 is 1.18 bits per heavy atom. The maximum absolute atomic E-state index is 13.2. The molecule has 0 saturated carbocycles. The van der Waals surface area contributed by atoms with Crippen molar-refractivity contribution >= 4 is 11.7 Å². The number of amides is 1. The average molecular weight is 380 g/mol. The zero-order chi connectivity index (χ0) is 19.7. The molecule has 1 aromatic heterocycles. The van der Waals surface area contributed by atoms with E-state index in [9.17, 15) is 14.4 Å². The zero-order valence-corrected chi connectivity index (χ0v) is 16.0. The lowest BCUT2D eigenvalue weighted by atomic mass is 9.92. The average Bonchev–Trinajstić information content (AvgIpc) is 3.21. The molecular weight excluding hydrogens is 356 g/mol. The highest BCUT2D eigenvalue weighted by Gasteiger charge is 2.26. The Bertz CT molecular complexity index is 969.